The molecule has 2 heteroatoms. The summed E-state index contributed by atoms with van der Waals surface area (Å²) in [7, 11) is 0. The van der Waals surface area contributed by atoms with Crippen LogP contribution in [-0.2, 0) is 9.59 Å². The second-order valence-corrected chi connectivity index (χ2v) is 7.80. The van der Waals surface area contributed by atoms with Gasteiger partial charge in [0.2, 0.25) is 0 Å². The number of Topliss-reactive ketones (excluding diaryl/α,β-unsaturated/α-hetero) is 1. The van der Waals surface area contributed by atoms with Crippen molar-refractivity contribution < 1.29 is 15.1 Å². The molecule has 0 heterocycles. The Morgan fingerprint density at radius 2 is 2.14 bits per heavy atom. The van der Waals surface area contributed by atoms with E-state index >= 15 is 0 Å². The van der Waals surface area contributed by atoms with Gasteiger partial charge in [-0.25, -0.2) is 0 Å². The zero-order chi connectivity index (χ0) is 19.1. The van der Waals surface area contributed by atoms with Gasteiger partial charge in [0.1, 0.15) is 5.78 Å². The zero-order valence-electron chi connectivity index (χ0n) is 17.1. The van der Waals surface area contributed by atoms with Crippen LogP contribution in [0.15, 0.2) is 35.9 Å². The van der Waals surface area contributed by atoms with Gasteiger partial charge in [0.15, 0.2) is 5.78 Å². The Balaban J connectivity index is 1.84. The molecular formula is C20H24O2. The predicted molar refractivity (Wildman–Crippen MR) is 86.1 cm³/mol. The highest BCUT2D eigenvalue weighted by atomic mass is 16.1. The lowest BCUT2D eigenvalue weighted by Gasteiger charge is -2.56. The fraction of sp³-hybridized carbons (Fsp3) is 0.600. The van der Waals surface area contributed by atoms with Gasteiger partial charge < -0.3 is 0 Å². The van der Waals surface area contributed by atoms with Crippen molar-refractivity contribution in [3.05, 3.63) is 35.9 Å². The van der Waals surface area contributed by atoms with E-state index in [1.807, 2.05) is 13.0 Å². The maximum Gasteiger partial charge on any atom is 0.178 e. The quantitative estimate of drug-likeness (QED) is 0.633. The molecule has 0 radical (unpaired) electrons. The molecule has 5 unspecified atom stereocenters. The van der Waals surface area contributed by atoms with Crippen molar-refractivity contribution in [2.45, 2.75) is 45.9 Å². The minimum atomic E-state index is -1.79. The summed E-state index contributed by atoms with van der Waals surface area (Å²) < 4.78 is 32.2. The van der Waals surface area contributed by atoms with E-state index < -0.39 is 17.2 Å². The van der Waals surface area contributed by atoms with Crippen LogP contribution in [-0.4, -0.2) is 11.6 Å². The summed E-state index contributed by atoms with van der Waals surface area (Å²) in [6.45, 7) is 3.69. The molecule has 2 nitrogen and oxygen atoms in total. The molecule has 0 amide bonds. The van der Waals surface area contributed by atoms with Crippen molar-refractivity contribution >= 4 is 11.6 Å². The monoisotopic (exact) mass is 301 g/mol. The average Bonchev–Trinajstić information content (AvgIpc) is 2.74. The normalized spacial score (nSPS) is 51.6. The smallest absolute Gasteiger partial charge is 0.178 e. The van der Waals surface area contributed by atoms with Crippen LogP contribution in [0.2, 0.25) is 0 Å². The summed E-state index contributed by atoms with van der Waals surface area (Å²) in [4.78, 5) is 24.7. The summed E-state index contributed by atoms with van der Waals surface area (Å²) in [5, 5.41) is 0. The first-order chi connectivity index (χ1) is 12.0. The second-order valence-electron chi connectivity index (χ2n) is 7.80. The maximum absolute atomic E-state index is 12.7. The molecule has 0 spiro atoms. The van der Waals surface area contributed by atoms with E-state index in [1.54, 1.807) is 12.2 Å². The fourth-order valence-corrected chi connectivity index (χ4v) is 5.47. The van der Waals surface area contributed by atoms with Gasteiger partial charge in [0, 0.05) is 19.9 Å². The first-order valence-corrected chi connectivity index (χ1v) is 8.18. The van der Waals surface area contributed by atoms with Crippen LogP contribution in [0.3, 0.4) is 0 Å². The molecule has 0 aromatic rings. The second kappa shape index (κ2) is 4.31. The standard InChI is InChI=1S/C20H24O2/c1-12-10-14-15-4-5-18(22)20(15,3)9-7-16(14)19(2)8-6-13(21)11-17(12)19/h6,8,11,14-16H,1,4-5,7,9-10H2,2-3H3/i1+1D2,5D2. The van der Waals surface area contributed by atoms with Gasteiger partial charge in [-0.15, -0.1) is 0 Å². The molecule has 5 atom stereocenters. The third kappa shape index (κ3) is 1.61. The Hall–Kier alpha value is -1.44. The molecule has 4 rings (SSSR count). The number of hydrogen-bond acceptors (Lipinski definition) is 2. The van der Waals surface area contributed by atoms with Crippen molar-refractivity contribution in [3.63, 3.8) is 0 Å². The van der Waals surface area contributed by atoms with Crippen molar-refractivity contribution in [2.75, 3.05) is 0 Å². The van der Waals surface area contributed by atoms with Crippen molar-refractivity contribution in [1.82, 2.24) is 0 Å². The molecule has 0 saturated heterocycles. The zero-order valence-corrected chi connectivity index (χ0v) is 13.1. The Morgan fingerprint density at radius 1 is 1.32 bits per heavy atom. The third-order valence-corrected chi connectivity index (χ3v) is 6.82. The first-order valence-electron chi connectivity index (χ1n) is 10.2. The third-order valence-electron chi connectivity index (χ3n) is 6.82. The highest BCUT2D eigenvalue weighted by molar-refractivity contribution is 6.02. The van der Waals surface area contributed by atoms with Crippen molar-refractivity contribution in [1.29, 1.82) is 0 Å². The van der Waals surface area contributed by atoms with E-state index in [0.717, 1.165) is 12.0 Å². The molecule has 0 aromatic carbocycles. The molecule has 4 aliphatic carbocycles. The molecule has 3 saturated carbocycles. The molecule has 4 aliphatic rings. The minimum absolute atomic E-state index is 0.0518. The van der Waals surface area contributed by atoms with E-state index in [4.69, 9.17) is 5.48 Å². The number of ketones is 2. The van der Waals surface area contributed by atoms with E-state index in [2.05, 4.69) is 6.92 Å². The van der Waals surface area contributed by atoms with Gasteiger partial charge in [0.05, 0.1) is 2.74 Å². The Labute approximate surface area is 138 Å². The summed E-state index contributed by atoms with van der Waals surface area (Å²) in [5.41, 5.74) is 0.267. The van der Waals surface area contributed by atoms with Crippen LogP contribution in [0.4, 0.5) is 0 Å². The summed E-state index contributed by atoms with van der Waals surface area (Å²) in [6.07, 6.45) is 5.43. The SMILES string of the molecule is [2H][13C]([2H])=C1CC2C(CCC3(C)C(=O)C([2H])([2H])CC23)C2(C)C=CC(=O)C=C12. The number of fused-ring (bicyclic) bond motifs is 5. The van der Waals surface area contributed by atoms with Crippen molar-refractivity contribution in [2.24, 2.45) is 28.6 Å². The minimum Gasteiger partial charge on any atom is -0.299 e. The fourth-order valence-electron chi connectivity index (χ4n) is 5.47. The van der Waals surface area contributed by atoms with Gasteiger partial charge in [-0.1, -0.05) is 32.0 Å². The topological polar surface area (TPSA) is 34.1 Å². The maximum atomic E-state index is 12.7. The van der Waals surface area contributed by atoms with Crippen LogP contribution in [0.1, 0.15) is 51.4 Å². The summed E-state index contributed by atoms with van der Waals surface area (Å²) in [5.74, 6) is -0.223. The lowest BCUT2D eigenvalue weighted by atomic mass is 9.48. The van der Waals surface area contributed by atoms with E-state index in [1.165, 1.54) is 0 Å². The van der Waals surface area contributed by atoms with E-state index in [9.17, 15) is 9.59 Å². The van der Waals surface area contributed by atoms with E-state index in [0.29, 0.717) is 18.4 Å². The molecule has 22 heavy (non-hydrogen) atoms. The van der Waals surface area contributed by atoms with Crippen LogP contribution in [0, 0.1) is 28.6 Å². The van der Waals surface area contributed by atoms with Crippen LogP contribution < -0.4 is 0 Å². The largest absolute Gasteiger partial charge is 0.299 e. The molecule has 0 bridgehead atoms. The van der Waals surface area contributed by atoms with Crippen LogP contribution in [0.25, 0.3) is 0 Å². The highest BCUT2D eigenvalue weighted by Gasteiger charge is 2.59. The van der Waals surface area contributed by atoms with Gasteiger partial charge in [-0.3, -0.25) is 9.59 Å². The number of carbonyl (C=O) groups excluding carboxylic acids is 2. The number of carbonyl (C=O) groups is 2. The number of hydrogen-bond donors (Lipinski definition) is 0. The van der Waals surface area contributed by atoms with Gasteiger partial charge >= 0.3 is 0 Å². The number of allylic oxidation sites excluding steroid dienone is 5. The summed E-state index contributed by atoms with van der Waals surface area (Å²) in [6, 6.07) is 0. The average molecular weight is 301 g/mol. The Kier molecular flexibility index (Phi) is 2.03. The lowest BCUT2D eigenvalue weighted by Crippen LogP contribution is -2.50. The van der Waals surface area contributed by atoms with Crippen LogP contribution in [0.5, 0.6) is 0 Å². The van der Waals surface area contributed by atoms with Crippen molar-refractivity contribution in [3.8, 4) is 0 Å². The predicted octanol–water partition coefficient (Wildman–Crippen LogP) is 4.03. The van der Waals surface area contributed by atoms with E-state index in [-0.39, 0.29) is 42.3 Å². The molecule has 116 valence electrons. The van der Waals surface area contributed by atoms with Gasteiger partial charge in [-0.05, 0) is 61.2 Å². The molecular weight excluding hydrogens is 273 g/mol. The number of rotatable bonds is 0. The molecule has 3 fully saturated rings. The van der Waals surface area contributed by atoms with Gasteiger partial charge in [0.25, 0.3) is 0 Å². The lowest BCUT2D eigenvalue weighted by molar-refractivity contribution is -0.131. The highest BCUT2D eigenvalue weighted by Crippen LogP contribution is 2.64. The molecule has 0 aromatic heterocycles. The molecule has 0 aliphatic heterocycles. The Bertz CT molecular complexity index is 805. The molecule has 0 N–H and O–H groups in total. The summed E-state index contributed by atoms with van der Waals surface area (Å²) >= 11 is 0. The van der Waals surface area contributed by atoms with Gasteiger partial charge in [-0.2, -0.15) is 0 Å². The Morgan fingerprint density at radius 3 is 2.91 bits per heavy atom. The van der Waals surface area contributed by atoms with Crippen LogP contribution >= 0.6 is 0 Å². The first kappa shape index (κ1) is 10.4.